The minimum absolute atomic E-state index is 0.0218. The molecular formula is C12H11FN2O2. The summed E-state index contributed by atoms with van der Waals surface area (Å²) in [5.74, 6) is -0.889. The van der Waals surface area contributed by atoms with Crippen LogP contribution in [-0.2, 0) is 0 Å². The van der Waals surface area contributed by atoms with Gasteiger partial charge in [0.2, 0.25) is 0 Å². The molecule has 0 aliphatic heterocycles. The summed E-state index contributed by atoms with van der Waals surface area (Å²) in [5.41, 5.74) is 1.40. The first-order valence-corrected chi connectivity index (χ1v) is 5.05. The van der Waals surface area contributed by atoms with E-state index in [2.05, 4.69) is 9.97 Å². The van der Waals surface area contributed by atoms with E-state index in [1.807, 2.05) is 0 Å². The van der Waals surface area contributed by atoms with Crippen molar-refractivity contribution in [3.63, 3.8) is 0 Å². The highest BCUT2D eigenvalue weighted by Crippen LogP contribution is 2.23. The zero-order chi connectivity index (χ0) is 12.6. The molecule has 0 aliphatic carbocycles. The molecule has 88 valence electrons. The molecule has 0 amide bonds. The first kappa shape index (κ1) is 11.3. The Kier molecular flexibility index (Phi) is 2.67. The van der Waals surface area contributed by atoms with Gasteiger partial charge in [-0.2, -0.15) is 0 Å². The Balaban J connectivity index is 2.59. The van der Waals surface area contributed by atoms with Crippen LogP contribution in [0.5, 0.6) is 0 Å². The van der Waals surface area contributed by atoms with E-state index in [0.717, 1.165) is 0 Å². The highest BCUT2D eigenvalue weighted by molar-refractivity contribution is 5.93. The fourth-order valence-electron chi connectivity index (χ4n) is 1.65. The first-order chi connectivity index (χ1) is 7.99. The third-order valence-electron chi connectivity index (χ3n) is 2.47. The van der Waals surface area contributed by atoms with E-state index in [1.165, 1.54) is 12.1 Å². The molecule has 0 fully saturated rings. The second-order valence-corrected chi connectivity index (χ2v) is 3.81. The summed E-state index contributed by atoms with van der Waals surface area (Å²) in [5, 5.41) is 9.02. The number of aromatic amines is 1. The maximum Gasteiger partial charge on any atom is 0.354 e. The van der Waals surface area contributed by atoms with Crippen LogP contribution < -0.4 is 0 Å². The largest absolute Gasteiger partial charge is 0.477 e. The number of hydrogen-bond donors (Lipinski definition) is 2. The van der Waals surface area contributed by atoms with Gasteiger partial charge in [0, 0.05) is 5.56 Å². The number of carbonyl (C=O) groups is 1. The van der Waals surface area contributed by atoms with Crippen molar-refractivity contribution in [3.8, 4) is 11.3 Å². The lowest BCUT2D eigenvalue weighted by Crippen LogP contribution is -1.99. The van der Waals surface area contributed by atoms with Gasteiger partial charge in [-0.1, -0.05) is 0 Å². The van der Waals surface area contributed by atoms with Gasteiger partial charge in [0.05, 0.1) is 0 Å². The van der Waals surface area contributed by atoms with Crippen molar-refractivity contribution in [2.24, 2.45) is 0 Å². The Morgan fingerprint density at radius 2 is 2.12 bits per heavy atom. The highest BCUT2D eigenvalue weighted by atomic mass is 19.1. The fourth-order valence-corrected chi connectivity index (χ4v) is 1.65. The summed E-state index contributed by atoms with van der Waals surface area (Å²) >= 11 is 0. The zero-order valence-corrected chi connectivity index (χ0v) is 9.41. The molecule has 0 unspecified atom stereocenters. The Labute approximate surface area is 97.1 Å². The number of hydrogen-bond acceptors (Lipinski definition) is 2. The second kappa shape index (κ2) is 4.01. The second-order valence-electron chi connectivity index (χ2n) is 3.81. The topological polar surface area (TPSA) is 66.0 Å². The molecule has 0 atom stereocenters. The van der Waals surface area contributed by atoms with Gasteiger partial charge in [0.1, 0.15) is 17.3 Å². The third kappa shape index (κ3) is 2.04. The molecule has 4 nitrogen and oxygen atoms in total. The molecular weight excluding hydrogens is 223 g/mol. The van der Waals surface area contributed by atoms with Crippen molar-refractivity contribution < 1.29 is 14.3 Å². The zero-order valence-electron chi connectivity index (χ0n) is 9.41. The number of halogens is 1. The van der Waals surface area contributed by atoms with E-state index in [0.29, 0.717) is 22.6 Å². The molecule has 0 spiro atoms. The van der Waals surface area contributed by atoms with Crippen molar-refractivity contribution in [1.29, 1.82) is 0 Å². The lowest BCUT2D eigenvalue weighted by atomic mass is 10.1. The van der Waals surface area contributed by atoms with Crippen LogP contribution in [0.3, 0.4) is 0 Å². The van der Waals surface area contributed by atoms with Gasteiger partial charge in [-0.05, 0) is 37.6 Å². The molecule has 5 heteroatoms. The van der Waals surface area contributed by atoms with Crippen molar-refractivity contribution >= 4 is 5.97 Å². The molecule has 0 saturated heterocycles. The minimum atomic E-state index is -1.08. The van der Waals surface area contributed by atoms with Crippen molar-refractivity contribution in [3.05, 3.63) is 41.1 Å². The van der Waals surface area contributed by atoms with Crippen LogP contribution in [0.4, 0.5) is 4.39 Å². The standard InChI is InChI=1S/C12H11FN2O2/c1-6-5-8(3-4-9(6)13)10-11(12(16)17)15-7(2)14-10/h3-5H,1-2H3,(H,14,15)(H,16,17). The Morgan fingerprint density at radius 3 is 2.71 bits per heavy atom. The maximum atomic E-state index is 13.1. The molecule has 2 N–H and O–H groups in total. The predicted molar refractivity (Wildman–Crippen MR) is 60.4 cm³/mol. The molecule has 1 heterocycles. The van der Waals surface area contributed by atoms with Crippen molar-refractivity contribution in [1.82, 2.24) is 9.97 Å². The summed E-state index contributed by atoms with van der Waals surface area (Å²) < 4.78 is 13.1. The Morgan fingerprint density at radius 1 is 1.41 bits per heavy atom. The number of imidazole rings is 1. The summed E-state index contributed by atoms with van der Waals surface area (Å²) in [6, 6.07) is 4.40. The van der Waals surface area contributed by atoms with Crippen LogP contribution in [0.15, 0.2) is 18.2 Å². The molecule has 2 aromatic rings. The molecule has 0 saturated carbocycles. The molecule has 2 rings (SSSR count). The SMILES string of the molecule is Cc1nc(-c2ccc(F)c(C)c2)c(C(=O)O)[nH]1. The van der Waals surface area contributed by atoms with Gasteiger partial charge >= 0.3 is 5.97 Å². The monoisotopic (exact) mass is 234 g/mol. The molecule has 17 heavy (non-hydrogen) atoms. The third-order valence-corrected chi connectivity index (χ3v) is 2.47. The van der Waals surface area contributed by atoms with Gasteiger partial charge < -0.3 is 10.1 Å². The van der Waals surface area contributed by atoms with E-state index >= 15 is 0 Å². The Bertz CT molecular complexity index is 590. The van der Waals surface area contributed by atoms with E-state index in [-0.39, 0.29) is 11.5 Å². The van der Waals surface area contributed by atoms with E-state index in [1.54, 1.807) is 19.9 Å². The normalized spacial score (nSPS) is 10.5. The van der Waals surface area contributed by atoms with Gasteiger partial charge in [-0.3, -0.25) is 0 Å². The predicted octanol–water partition coefficient (Wildman–Crippen LogP) is 2.53. The van der Waals surface area contributed by atoms with Gasteiger partial charge in [-0.15, -0.1) is 0 Å². The van der Waals surface area contributed by atoms with E-state index in [4.69, 9.17) is 5.11 Å². The molecule has 0 bridgehead atoms. The molecule has 1 aromatic carbocycles. The number of nitrogens with one attached hydrogen (secondary N) is 1. The van der Waals surface area contributed by atoms with Crippen LogP contribution in [-0.4, -0.2) is 21.0 Å². The smallest absolute Gasteiger partial charge is 0.354 e. The fraction of sp³-hybridized carbons (Fsp3) is 0.167. The van der Waals surface area contributed by atoms with Gasteiger partial charge in [-0.25, -0.2) is 14.2 Å². The van der Waals surface area contributed by atoms with Crippen LogP contribution in [0.2, 0.25) is 0 Å². The van der Waals surface area contributed by atoms with Gasteiger partial charge in [0.15, 0.2) is 5.69 Å². The quantitative estimate of drug-likeness (QED) is 0.839. The number of benzene rings is 1. The number of aryl methyl sites for hydroxylation is 2. The van der Waals surface area contributed by atoms with Gasteiger partial charge in [0.25, 0.3) is 0 Å². The van der Waals surface area contributed by atoms with Crippen molar-refractivity contribution in [2.75, 3.05) is 0 Å². The first-order valence-electron chi connectivity index (χ1n) is 5.05. The van der Waals surface area contributed by atoms with Crippen LogP contribution in [0.1, 0.15) is 21.9 Å². The van der Waals surface area contributed by atoms with E-state index in [9.17, 15) is 9.18 Å². The molecule has 0 aliphatic rings. The molecule has 0 radical (unpaired) electrons. The number of aromatic nitrogens is 2. The summed E-state index contributed by atoms with van der Waals surface area (Å²) in [4.78, 5) is 17.8. The minimum Gasteiger partial charge on any atom is -0.477 e. The van der Waals surface area contributed by atoms with Crippen LogP contribution in [0.25, 0.3) is 11.3 Å². The van der Waals surface area contributed by atoms with Crippen molar-refractivity contribution in [2.45, 2.75) is 13.8 Å². The van der Waals surface area contributed by atoms with Crippen LogP contribution >= 0.6 is 0 Å². The average Bonchev–Trinajstić information content (AvgIpc) is 2.64. The maximum absolute atomic E-state index is 13.1. The lowest BCUT2D eigenvalue weighted by Gasteiger charge is -2.01. The van der Waals surface area contributed by atoms with Crippen LogP contribution in [0, 0.1) is 19.7 Å². The number of H-pyrrole nitrogens is 1. The summed E-state index contributed by atoms with van der Waals surface area (Å²) in [7, 11) is 0. The number of aromatic carboxylic acids is 1. The van der Waals surface area contributed by atoms with E-state index < -0.39 is 5.97 Å². The number of carboxylic acids is 1. The average molecular weight is 234 g/mol. The summed E-state index contributed by atoms with van der Waals surface area (Å²) in [6.07, 6.45) is 0. The number of rotatable bonds is 2. The summed E-state index contributed by atoms with van der Waals surface area (Å²) in [6.45, 7) is 3.30. The lowest BCUT2D eigenvalue weighted by molar-refractivity contribution is 0.0692. The number of carboxylic acid groups (broad SMARTS) is 1. The highest BCUT2D eigenvalue weighted by Gasteiger charge is 2.16. The Hall–Kier alpha value is -2.17. The molecule has 1 aromatic heterocycles. The number of nitrogens with zero attached hydrogens (tertiary/aromatic N) is 1.